The van der Waals surface area contributed by atoms with Gasteiger partial charge in [-0.05, 0) is 104 Å². The predicted octanol–water partition coefficient (Wildman–Crippen LogP) is 7.11. The molecule has 2 amide bonds. The molecule has 14 nitrogen and oxygen atoms in total. The molecule has 0 spiro atoms. The van der Waals surface area contributed by atoms with Gasteiger partial charge in [0.05, 0.1) is 42.5 Å². The predicted molar refractivity (Wildman–Crippen MR) is 199 cm³/mol. The first-order valence-corrected chi connectivity index (χ1v) is 20.6. The van der Waals surface area contributed by atoms with Crippen LogP contribution < -0.4 is 31.0 Å². The number of ether oxygens (including phenoxy) is 2. The average molecular weight is 841 g/mol. The number of carbonyl (C=O) groups excluding carboxylic acids is 2. The Morgan fingerprint density at radius 1 is 0.696 bits per heavy atom. The summed E-state index contributed by atoms with van der Waals surface area (Å²) in [5.74, 6) is 0.0894. The fourth-order valence-electron chi connectivity index (χ4n) is 5.61. The van der Waals surface area contributed by atoms with Crippen molar-refractivity contribution in [3.8, 4) is 23.0 Å². The minimum atomic E-state index is -4.43. The van der Waals surface area contributed by atoms with Gasteiger partial charge in [-0.25, -0.2) is 20.3 Å². The zero-order chi connectivity index (χ0) is 40.3. The lowest BCUT2D eigenvalue weighted by molar-refractivity contribution is -0.137. The second-order valence-corrected chi connectivity index (χ2v) is 17.4. The number of nitrogens with one attached hydrogen (secondary N) is 2. The van der Waals surface area contributed by atoms with E-state index in [-0.39, 0.29) is 25.4 Å². The Morgan fingerprint density at radius 2 is 1.20 bits per heavy atom. The van der Waals surface area contributed by atoms with Crippen molar-refractivity contribution < 1.29 is 60.8 Å². The van der Waals surface area contributed by atoms with Crippen LogP contribution in [0.2, 0.25) is 5.02 Å². The number of para-hydroxylation sites is 1. The molecule has 2 heterocycles. The lowest BCUT2D eigenvalue weighted by Gasteiger charge is -2.34. The number of hydrogen-bond donors (Lipinski definition) is 4. The Balaban J connectivity index is 0.000000215. The molecule has 2 aliphatic heterocycles. The largest absolute Gasteiger partial charge is 0.457 e. The molecule has 0 aliphatic carbocycles. The topological polar surface area (TPSA) is 176 Å². The van der Waals surface area contributed by atoms with Gasteiger partial charge in [0, 0.05) is 18.1 Å². The molecular formula is C36H38ClF3N4O10P2. The van der Waals surface area contributed by atoms with Gasteiger partial charge in [0.2, 0.25) is 0 Å². The van der Waals surface area contributed by atoms with Crippen LogP contribution in [-0.2, 0) is 33.9 Å². The first-order chi connectivity index (χ1) is 26.7. The zero-order valence-corrected chi connectivity index (χ0v) is 32.1. The molecule has 300 valence electrons. The minimum Gasteiger partial charge on any atom is -0.457 e. The van der Waals surface area contributed by atoms with Gasteiger partial charge >= 0.3 is 21.2 Å². The van der Waals surface area contributed by atoms with E-state index in [0.29, 0.717) is 59.0 Å². The molecule has 2 unspecified atom stereocenters. The maximum atomic E-state index is 13.8. The smallest absolute Gasteiger partial charge is 0.416 e. The Morgan fingerprint density at radius 3 is 1.80 bits per heavy atom. The summed E-state index contributed by atoms with van der Waals surface area (Å²) in [6, 6.07) is 24.0. The van der Waals surface area contributed by atoms with Crippen molar-refractivity contribution in [1.29, 1.82) is 0 Å². The van der Waals surface area contributed by atoms with E-state index in [1.165, 1.54) is 51.2 Å². The van der Waals surface area contributed by atoms with E-state index in [1.54, 1.807) is 54.0 Å². The molecule has 2 atom stereocenters. The van der Waals surface area contributed by atoms with Crippen molar-refractivity contribution in [2.75, 3.05) is 39.4 Å². The summed E-state index contributed by atoms with van der Waals surface area (Å²) in [4.78, 5) is 23.2. The number of amides is 2. The molecular weight excluding hydrogens is 803 g/mol. The van der Waals surface area contributed by atoms with Gasteiger partial charge in [0.25, 0.3) is 11.8 Å². The standard InChI is InChI=1S/C18H20ClN2O5P.C18H18F3N2O5P/c19-14-7-9-15(10-8-14)26-16-5-1-2-6-17(16)27(24)21(13-18(22)20-23)11-3-4-12-25-27;19-18(20,21)13-2-4-14(5-3-13)28-15-6-8-16(9-7-15)29(26)23(10-1-11-27-29)12-17(24)22-25/h1-2,5-10,23H,3-4,11-13H2,(H,20,22);2-9,25H,1,10-12H2,(H,22,24). The second kappa shape index (κ2) is 19.2. The maximum Gasteiger partial charge on any atom is 0.416 e. The second-order valence-electron chi connectivity index (χ2n) is 12.3. The molecule has 4 N–H and O–H groups in total. The summed E-state index contributed by atoms with van der Waals surface area (Å²) in [6.07, 6.45) is -2.40. The highest BCUT2D eigenvalue weighted by atomic mass is 35.5. The first-order valence-electron chi connectivity index (χ1n) is 17.1. The Hall–Kier alpha value is -4.28. The van der Waals surface area contributed by atoms with E-state index in [2.05, 4.69) is 0 Å². The minimum absolute atomic E-state index is 0.215. The fourth-order valence-corrected chi connectivity index (χ4v) is 10.4. The summed E-state index contributed by atoms with van der Waals surface area (Å²) >= 11 is 5.90. The van der Waals surface area contributed by atoms with Crippen molar-refractivity contribution in [2.45, 2.75) is 25.4 Å². The molecule has 0 radical (unpaired) electrons. The van der Waals surface area contributed by atoms with Crippen LogP contribution in [0, 0.1) is 0 Å². The summed E-state index contributed by atoms with van der Waals surface area (Å²) in [6.45, 7) is 0.789. The lowest BCUT2D eigenvalue weighted by atomic mass is 10.2. The van der Waals surface area contributed by atoms with Gasteiger partial charge in [0.15, 0.2) is 0 Å². The molecule has 2 saturated heterocycles. The van der Waals surface area contributed by atoms with Crippen LogP contribution in [-0.4, -0.2) is 71.0 Å². The first kappa shape index (κ1) is 42.9. The maximum absolute atomic E-state index is 13.8. The van der Waals surface area contributed by atoms with E-state index in [4.69, 9.17) is 40.5 Å². The number of rotatable bonds is 10. The summed E-state index contributed by atoms with van der Waals surface area (Å²) < 4.78 is 90.5. The molecule has 0 aromatic heterocycles. The molecule has 4 aromatic carbocycles. The Bertz CT molecular complexity index is 2040. The van der Waals surface area contributed by atoms with Crippen LogP contribution in [0.5, 0.6) is 23.0 Å². The highest BCUT2D eigenvalue weighted by Gasteiger charge is 2.40. The molecule has 0 saturated carbocycles. The molecule has 20 heteroatoms. The zero-order valence-electron chi connectivity index (χ0n) is 29.6. The molecule has 56 heavy (non-hydrogen) atoms. The third-order valence-electron chi connectivity index (χ3n) is 8.34. The molecule has 4 aromatic rings. The number of nitrogens with zero attached hydrogens (tertiary/aromatic N) is 2. The van der Waals surface area contributed by atoms with Crippen LogP contribution >= 0.6 is 26.6 Å². The number of hydroxylamine groups is 2. The van der Waals surface area contributed by atoms with Gasteiger partial charge in [-0.3, -0.25) is 29.1 Å². The summed E-state index contributed by atoms with van der Waals surface area (Å²) in [5.41, 5.74) is 2.31. The number of alkyl halides is 3. The number of halogens is 4. The normalized spacial score (nSPS) is 20.5. The third-order valence-corrected chi connectivity index (χ3v) is 13.8. The van der Waals surface area contributed by atoms with E-state index in [0.717, 1.165) is 25.0 Å². The van der Waals surface area contributed by atoms with Crippen LogP contribution in [0.3, 0.4) is 0 Å². The van der Waals surface area contributed by atoms with Crippen molar-refractivity contribution in [3.05, 3.63) is 108 Å². The van der Waals surface area contributed by atoms with Gasteiger partial charge in [-0.2, -0.15) is 13.2 Å². The average Bonchev–Trinajstić information content (AvgIpc) is 3.38. The van der Waals surface area contributed by atoms with Gasteiger partial charge in [-0.15, -0.1) is 0 Å². The Kier molecular flexibility index (Phi) is 14.7. The van der Waals surface area contributed by atoms with Crippen molar-refractivity contribution >= 4 is 49.1 Å². The molecule has 6 rings (SSSR count). The van der Waals surface area contributed by atoms with Gasteiger partial charge < -0.3 is 18.5 Å². The van der Waals surface area contributed by atoms with E-state index >= 15 is 0 Å². The number of hydrogen-bond acceptors (Lipinski definition) is 10. The molecule has 0 bridgehead atoms. The van der Waals surface area contributed by atoms with Crippen molar-refractivity contribution in [1.82, 2.24) is 20.3 Å². The summed E-state index contributed by atoms with van der Waals surface area (Å²) in [7, 11) is -7.05. The number of carbonyl (C=O) groups is 2. The van der Waals surface area contributed by atoms with E-state index < -0.39 is 38.6 Å². The monoisotopic (exact) mass is 840 g/mol. The van der Waals surface area contributed by atoms with Gasteiger partial charge in [-0.1, -0.05) is 23.7 Å². The van der Waals surface area contributed by atoms with Crippen molar-refractivity contribution in [2.24, 2.45) is 0 Å². The quantitative estimate of drug-likeness (QED) is 0.0725. The van der Waals surface area contributed by atoms with Crippen molar-refractivity contribution in [3.63, 3.8) is 0 Å². The molecule has 2 aliphatic rings. The third kappa shape index (κ3) is 11.0. The lowest BCUT2D eigenvalue weighted by Crippen LogP contribution is -2.40. The Labute approximate surface area is 325 Å². The molecule has 2 fully saturated rings. The van der Waals surface area contributed by atoms with E-state index in [9.17, 15) is 31.9 Å². The fraction of sp³-hybridized carbons (Fsp3) is 0.278. The van der Waals surface area contributed by atoms with Gasteiger partial charge in [0.1, 0.15) is 23.0 Å². The number of benzene rings is 4. The SMILES string of the molecule is O=C(CN1CCCCOP1(=O)c1ccccc1Oc1ccc(Cl)cc1)NO.O=C(CN1CCCOP1(=O)c1ccc(Oc2ccc(C(F)(F)F)cc2)cc1)NO. The highest BCUT2D eigenvalue weighted by molar-refractivity contribution is 7.65. The van der Waals surface area contributed by atoms with E-state index in [1.807, 2.05) is 0 Å². The summed E-state index contributed by atoms with van der Waals surface area (Å²) in [5, 5.41) is 18.8. The van der Waals surface area contributed by atoms with Crippen LogP contribution in [0.4, 0.5) is 13.2 Å². The van der Waals surface area contributed by atoms with Crippen LogP contribution in [0.1, 0.15) is 24.8 Å². The van der Waals surface area contributed by atoms with Crippen LogP contribution in [0.15, 0.2) is 97.1 Å². The van der Waals surface area contributed by atoms with Crippen LogP contribution in [0.25, 0.3) is 0 Å². The highest BCUT2D eigenvalue weighted by Crippen LogP contribution is 2.54.